The molecule has 6 heteroatoms. The van der Waals surface area contributed by atoms with Crippen molar-refractivity contribution in [3.8, 4) is 0 Å². The van der Waals surface area contributed by atoms with Gasteiger partial charge in [0, 0.05) is 31.0 Å². The first-order valence-electron chi connectivity index (χ1n) is 9.17. The molecule has 0 saturated carbocycles. The van der Waals surface area contributed by atoms with Crippen LogP contribution in [-0.2, 0) is 0 Å². The lowest BCUT2D eigenvalue weighted by atomic mass is 10.1. The summed E-state index contributed by atoms with van der Waals surface area (Å²) in [6.45, 7) is 13.2. The van der Waals surface area contributed by atoms with Crippen LogP contribution in [-0.4, -0.2) is 35.5 Å². The molecule has 6 nitrogen and oxygen atoms in total. The highest BCUT2D eigenvalue weighted by Crippen LogP contribution is 2.23. The molecule has 2 rings (SSSR count). The lowest BCUT2D eigenvalue weighted by molar-refractivity contribution is 0.102. The Morgan fingerprint density at radius 3 is 2.42 bits per heavy atom. The van der Waals surface area contributed by atoms with Gasteiger partial charge in [0.1, 0.15) is 11.5 Å². The molecule has 140 valence electrons. The summed E-state index contributed by atoms with van der Waals surface area (Å²) < 4.78 is 0. The Morgan fingerprint density at radius 1 is 1.15 bits per heavy atom. The monoisotopic (exact) mass is 355 g/mol. The highest BCUT2D eigenvalue weighted by Gasteiger charge is 2.11. The summed E-state index contributed by atoms with van der Waals surface area (Å²) in [4.78, 5) is 23.2. The van der Waals surface area contributed by atoms with E-state index >= 15 is 0 Å². The van der Waals surface area contributed by atoms with E-state index in [0.29, 0.717) is 17.4 Å². The molecule has 2 N–H and O–H groups in total. The average Bonchev–Trinajstić information content (AvgIpc) is 2.63. The van der Waals surface area contributed by atoms with Gasteiger partial charge in [-0.05, 0) is 50.5 Å². The van der Waals surface area contributed by atoms with Crippen LogP contribution in [0.1, 0.15) is 43.7 Å². The third-order valence-electron chi connectivity index (χ3n) is 4.16. The fraction of sp³-hybridized carbons (Fsp3) is 0.450. The van der Waals surface area contributed by atoms with Crippen molar-refractivity contribution < 1.29 is 4.79 Å². The molecular formula is C20H29N5O. The summed E-state index contributed by atoms with van der Waals surface area (Å²) in [5.41, 5.74) is 3.26. The molecular weight excluding hydrogens is 326 g/mol. The number of nitrogens with one attached hydrogen (secondary N) is 2. The Labute approximate surface area is 156 Å². The van der Waals surface area contributed by atoms with E-state index in [1.54, 1.807) is 6.20 Å². The van der Waals surface area contributed by atoms with E-state index in [-0.39, 0.29) is 5.91 Å². The molecule has 0 bridgehead atoms. The van der Waals surface area contributed by atoms with Gasteiger partial charge in [0.25, 0.3) is 5.91 Å². The van der Waals surface area contributed by atoms with Crippen molar-refractivity contribution in [2.45, 2.75) is 34.6 Å². The summed E-state index contributed by atoms with van der Waals surface area (Å²) in [5, 5.41) is 6.10. The Hall–Kier alpha value is -2.63. The lowest BCUT2D eigenvalue weighted by Crippen LogP contribution is -2.22. The topological polar surface area (TPSA) is 70.2 Å². The van der Waals surface area contributed by atoms with E-state index in [1.165, 1.54) is 6.20 Å². The van der Waals surface area contributed by atoms with Crippen LogP contribution in [0.3, 0.4) is 0 Å². The number of rotatable bonds is 8. The molecule has 0 spiro atoms. The normalized spacial score (nSPS) is 10.7. The molecule has 2 aromatic rings. The summed E-state index contributed by atoms with van der Waals surface area (Å²) in [6.07, 6.45) is 3.09. The van der Waals surface area contributed by atoms with Gasteiger partial charge in [0.05, 0.1) is 12.4 Å². The quantitative estimate of drug-likeness (QED) is 0.750. The van der Waals surface area contributed by atoms with E-state index in [2.05, 4.69) is 59.3 Å². The van der Waals surface area contributed by atoms with Crippen LogP contribution in [0.4, 0.5) is 17.2 Å². The first-order chi connectivity index (χ1) is 12.4. The van der Waals surface area contributed by atoms with Crippen LogP contribution >= 0.6 is 0 Å². The molecule has 0 aliphatic rings. The Kier molecular flexibility index (Phi) is 6.95. The number of hydrogen-bond donors (Lipinski definition) is 2. The SMILES string of the molecule is CCN(CC)c1ccc(NC(=O)c2cnc(NCC(C)C)cn2)c(C)c1. The first-order valence-corrected chi connectivity index (χ1v) is 9.17. The van der Waals surface area contributed by atoms with Crippen molar-refractivity contribution >= 4 is 23.1 Å². The van der Waals surface area contributed by atoms with E-state index in [4.69, 9.17) is 0 Å². The highest BCUT2D eigenvalue weighted by molar-refractivity contribution is 6.03. The summed E-state index contributed by atoms with van der Waals surface area (Å²) in [6, 6.07) is 6.06. The molecule has 1 aromatic heterocycles. The molecule has 0 atom stereocenters. The highest BCUT2D eigenvalue weighted by atomic mass is 16.1. The molecule has 1 amide bonds. The molecule has 0 fully saturated rings. The molecule has 0 saturated heterocycles. The minimum atomic E-state index is -0.258. The Morgan fingerprint density at radius 2 is 1.88 bits per heavy atom. The summed E-state index contributed by atoms with van der Waals surface area (Å²) in [5.74, 6) is 0.934. The average molecular weight is 355 g/mol. The van der Waals surface area contributed by atoms with E-state index < -0.39 is 0 Å². The maximum atomic E-state index is 12.4. The molecule has 1 heterocycles. The van der Waals surface area contributed by atoms with E-state index in [1.807, 2.05) is 19.1 Å². The second-order valence-electron chi connectivity index (χ2n) is 6.69. The molecule has 0 unspecified atom stereocenters. The van der Waals surface area contributed by atoms with E-state index in [0.717, 1.165) is 36.6 Å². The molecule has 1 aromatic carbocycles. The lowest BCUT2D eigenvalue weighted by Gasteiger charge is -2.22. The third-order valence-corrected chi connectivity index (χ3v) is 4.16. The van der Waals surface area contributed by atoms with Gasteiger partial charge < -0.3 is 15.5 Å². The molecule has 0 aliphatic carbocycles. The second kappa shape index (κ2) is 9.17. The third kappa shape index (κ3) is 5.18. The molecule has 0 radical (unpaired) electrons. The Balaban J connectivity index is 2.05. The van der Waals surface area contributed by atoms with Gasteiger partial charge in [0.2, 0.25) is 0 Å². The van der Waals surface area contributed by atoms with Gasteiger partial charge in [-0.3, -0.25) is 4.79 Å². The zero-order valence-corrected chi connectivity index (χ0v) is 16.3. The standard InChI is InChI=1S/C20H29N5O/c1-6-25(7-2)16-8-9-17(15(5)10-16)24-20(26)18-12-23-19(13-21-18)22-11-14(3)4/h8-10,12-14H,6-7,11H2,1-5H3,(H,22,23)(H,24,26). The van der Waals surface area contributed by atoms with Gasteiger partial charge in [-0.25, -0.2) is 9.97 Å². The van der Waals surface area contributed by atoms with Crippen LogP contribution in [0.5, 0.6) is 0 Å². The van der Waals surface area contributed by atoms with Crippen LogP contribution in [0.2, 0.25) is 0 Å². The predicted molar refractivity (Wildman–Crippen MR) is 108 cm³/mol. The summed E-state index contributed by atoms with van der Waals surface area (Å²) >= 11 is 0. The van der Waals surface area contributed by atoms with Crippen LogP contribution < -0.4 is 15.5 Å². The van der Waals surface area contributed by atoms with E-state index in [9.17, 15) is 4.79 Å². The minimum absolute atomic E-state index is 0.258. The Bertz CT molecular complexity index is 723. The maximum absolute atomic E-state index is 12.4. The van der Waals surface area contributed by atoms with Gasteiger partial charge in [-0.1, -0.05) is 13.8 Å². The molecule has 26 heavy (non-hydrogen) atoms. The van der Waals surface area contributed by atoms with Crippen molar-refractivity contribution in [2.75, 3.05) is 35.2 Å². The van der Waals surface area contributed by atoms with Crippen molar-refractivity contribution in [1.82, 2.24) is 9.97 Å². The van der Waals surface area contributed by atoms with Crippen LogP contribution in [0.25, 0.3) is 0 Å². The smallest absolute Gasteiger partial charge is 0.275 e. The number of carbonyl (C=O) groups excluding carboxylic acids is 1. The minimum Gasteiger partial charge on any atom is -0.372 e. The van der Waals surface area contributed by atoms with Crippen molar-refractivity contribution in [2.24, 2.45) is 5.92 Å². The largest absolute Gasteiger partial charge is 0.372 e. The van der Waals surface area contributed by atoms with Gasteiger partial charge in [-0.15, -0.1) is 0 Å². The van der Waals surface area contributed by atoms with Crippen molar-refractivity contribution in [3.05, 3.63) is 41.9 Å². The number of hydrogen-bond acceptors (Lipinski definition) is 5. The number of benzene rings is 1. The zero-order chi connectivity index (χ0) is 19.1. The van der Waals surface area contributed by atoms with Crippen LogP contribution in [0, 0.1) is 12.8 Å². The second-order valence-corrected chi connectivity index (χ2v) is 6.69. The summed E-state index contributed by atoms with van der Waals surface area (Å²) in [7, 11) is 0. The first kappa shape index (κ1) is 19.7. The van der Waals surface area contributed by atoms with Crippen LogP contribution in [0.15, 0.2) is 30.6 Å². The number of amides is 1. The fourth-order valence-corrected chi connectivity index (χ4v) is 2.61. The fourth-order valence-electron chi connectivity index (χ4n) is 2.61. The van der Waals surface area contributed by atoms with Crippen molar-refractivity contribution in [3.63, 3.8) is 0 Å². The predicted octanol–water partition coefficient (Wildman–Crippen LogP) is 3.95. The number of carbonyl (C=O) groups is 1. The maximum Gasteiger partial charge on any atom is 0.275 e. The number of aromatic nitrogens is 2. The number of anilines is 3. The number of aryl methyl sites for hydroxylation is 1. The number of nitrogens with zero attached hydrogens (tertiary/aromatic N) is 3. The van der Waals surface area contributed by atoms with Gasteiger partial charge >= 0.3 is 0 Å². The van der Waals surface area contributed by atoms with Gasteiger partial charge in [-0.2, -0.15) is 0 Å². The van der Waals surface area contributed by atoms with Crippen molar-refractivity contribution in [1.29, 1.82) is 0 Å². The molecule has 0 aliphatic heterocycles. The van der Waals surface area contributed by atoms with Gasteiger partial charge in [0.15, 0.2) is 0 Å². The zero-order valence-electron chi connectivity index (χ0n) is 16.3.